The summed E-state index contributed by atoms with van der Waals surface area (Å²) in [7, 11) is 3.24. The van der Waals surface area contributed by atoms with Gasteiger partial charge in [0.1, 0.15) is 17.8 Å². The van der Waals surface area contributed by atoms with Gasteiger partial charge >= 0.3 is 0 Å². The minimum absolute atomic E-state index is 0.0346. The quantitative estimate of drug-likeness (QED) is 0.298. The summed E-state index contributed by atoms with van der Waals surface area (Å²) in [5.41, 5.74) is 3.25. The Morgan fingerprint density at radius 1 is 1.11 bits per heavy atom. The molecular formula is C28H31FN4O2S. The molecule has 1 aliphatic heterocycles. The number of alkyl halides is 1. The number of ether oxygens (including phenoxy) is 2. The van der Waals surface area contributed by atoms with Crippen LogP contribution in [0.15, 0.2) is 48.5 Å². The van der Waals surface area contributed by atoms with E-state index >= 15 is 0 Å². The lowest BCUT2D eigenvalue weighted by atomic mass is 10.1. The molecule has 0 bridgehead atoms. The highest BCUT2D eigenvalue weighted by Gasteiger charge is 2.23. The minimum Gasteiger partial charge on any atom is -0.493 e. The summed E-state index contributed by atoms with van der Waals surface area (Å²) in [5, 5.41) is 4.47. The van der Waals surface area contributed by atoms with Crippen molar-refractivity contribution >= 4 is 28.1 Å². The highest BCUT2D eigenvalue weighted by atomic mass is 32.1. The number of anilines is 1. The first-order chi connectivity index (χ1) is 17.4. The number of nitrogens with one attached hydrogen (secondary N) is 1. The number of thiophene rings is 1. The van der Waals surface area contributed by atoms with E-state index in [0.29, 0.717) is 30.3 Å². The molecule has 2 aromatic carbocycles. The molecule has 188 valence electrons. The number of fused-ring (bicyclic) bond motifs is 1. The molecule has 2 aromatic heterocycles. The first kappa shape index (κ1) is 24.5. The summed E-state index contributed by atoms with van der Waals surface area (Å²) in [6.07, 6.45) is -0.0790. The molecule has 1 fully saturated rings. The molecule has 36 heavy (non-hydrogen) atoms. The number of benzene rings is 2. The summed E-state index contributed by atoms with van der Waals surface area (Å²) >= 11 is 1.77. The van der Waals surface area contributed by atoms with Crippen LogP contribution in [-0.4, -0.2) is 48.3 Å². The standard InChI is InChI=1S/C28H31FN4O2S/c1-17(30-28-22-13-24(34-3)25(35-4)14-23(22)31-18(2)32-28)26-9-10-27(36-26)21-8-6-5-7-19(21)15-33-12-11-20(29)16-33/h5-10,13-14,17,20H,11-12,15-16H2,1-4H3,(H,30,31,32)/t17?,20-/m0/s1. The average Bonchev–Trinajstić information content (AvgIpc) is 3.53. The van der Waals surface area contributed by atoms with Crippen LogP contribution >= 0.6 is 11.3 Å². The molecule has 0 amide bonds. The Bertz CT molecular complexity index is 1380. The molecular weight excluding hydrogens is 475 g/mol. The second-order valence-electron chi connectivity index (χ2n) is 9.19. The third-order valence-corrected chi connectivity index (χ3v) is 7.91. The zero-order valence-corrected chi connectivity index (χ0v) is 21.9. The zero-order valence-electron chi connectivity index (χ0n) is 21.0. The van der Waals surface area contributed by atoms with Crippen LogP contribution in [0.1, 0.15) is 35.7 Å². The van der Waals surface area contributed by atoms with Crippen molar-refractivity contribution in [1.29, 1.82) is 0 Å². The van der Waals surface area contributed by atoms with Crippen molar-refractivity contribution in [3.63, 3.8) is 0 Å². The lowest BCUT2D eigenvalue weighted by molar-refractivity contribution is 0.283. The first-order valence-corrected chi connectivity index (χ1v) is 13.0. The molecule has 8 heteroatoms. The van der Waals surface area contributed by atoms with Crippen LogP contribution in [0.4, 0.5) is 10.2 Å². The van der Waals surface area contributed by atoms with Crippen LogP contribution in [0.3, 0.4) is 0 Å². The molecule has 0 aliphatic carbocycles. The van der Waals surface area contributed by atoms with Gasteiger partial charge in [0.05, 0.1) is 25.8 Å². The van der Waals surface area contributed by atoms with E-state index in [2.05, 4.69) is 58.5 Å². The van der Waals surface area contributed by atoms with Crippen molar-refractivity contribution in [3.8, 4) is 21.9 Å². The van der Waals surface area contributed by atoms with Crippen LogP contribution in [0, 0.1) is 6.92 Å². The summed E-state index contributed by atoms with van der Waals surface area (Å²) in [6.45, 7) is 6.13. The molecule has 0 spiro atoms. The van der Waals surface area contributed by atoms with E-state index in [9.17, 15) is 4.39 Å². The second-order valence-corrected chi connectivity index (χ2v) is 10.3. The largest absolute Gasteiger partial charge is 0.493 e. The van der Waals surface area contributed by atoms with Crippen molar-refractivity contribution in [3.05, 3.63) is 64.8 Å². The van der Waals surface area contributed by atoms with Gasteiger partial charge in [-0.3, -0.25) is 4.90 Å². The fourth-order valence-corrected chi connectivity index (χ4v) is 5.83. The predicted molar refractivity (Wildman–Crippen MR) is 144 cm³/mol. The number of rotatable bonds is 8. The number of aromatic nitrogens is 2. The van der Waals surface area contributed by atoms with Crippen LogP contribution in [0.2, 0.25) is 0 Å². The zero-order chi connectivity index (χ0) is 25.2. The number of hydrogen-bond acceptors (Lipinski definition) is 7. The molecule has 1 aliphatic rings. The summed E-state index contributed by atoms with van der Waals surface area (Å²) in [4.78, 5) is 13.9. The Balaban J connectivity index is 1.40. The third-order valence-electron chi connectivity index (χ3n) is 6.61. The summed E-state index contributed by atoms with van der Waals surface area (Å²) in [6, 6.07) is 16.6. The number of nitrogens with zero attached hydrogens (tertiary/aromatic N) is 3. The van der Waals surface area contributed by atoms with Gasteiger partial charge < -0.3 is 14.8 Å². The Morgan fingerprint density at radius 3 is 2.64 bits per heavy atom. The van der Waals surface area contributed by atoms with Gasteiger partial charge in [0.15, 0.2) is 11.5 Å². The topological polar surface area (TPSA) is 59.5 Å². The van der Waals surface area contributed by atoms with Gasteiger partial charge in [-0.1, -0.05) is 24.3 Å². The van der Waals surface area contributed by atoms with Gasteiger partial charge in [0.2, 0.25) is 0 Å². The smallest absolute Gasteiger partial charge is 0.162 e. The Labute approximate surface area is 215 Å². The van der Waals surface area contributed by atoms with Crippen molar-refractivity contribution in [2.45, 2.75) is 39.0 Å². The molecule has 6 nitrogen and oxygen atoms in total. The van der Waals surface area contributed by atoms with E-state index in [4.69, 9.17) is 14.5 Å². The van der Waals surface area contributed by atoms with E-state index in [1.165, 1.54) is 20.9 Å². The monoisotopic (exact) mass is 506 g/mol. The van der Waals surface area contributed by atoms with Crippen molar-refractivity contribution in [2.24, 2.45) is 0 Å². The average molecular weight is 507 g/mol. The van der Waals surface area contributed by atoms with Gasteiger partial charge in [-0.2, -0.15) is 0 Å². The maximum atomic E-state index is 13.7. The maximum absolute atomic E-state index is 13.7. The number of aryl methyl sites for hydroxylation is 1. The summed E-state index contributed by atoms with van der Waals surface area (Å²) < 4.78 is 24.7. The number of halogens is 1. The van der Waals surface area contributed by atoms with Crippen LogP contribution in [-0.2, 0) is 6.54 Å². The maximum Gasteiger partial charge on any atom is 0.162 e. The van der Waals surface area contributed by atoms with Crippen LogP contribution in [0.25, 0.3) is 21.3 Å². The first-order valence-electron chi connectivity index (χ1n) is 12.2. The molecule has 5 rings (SSSR count). The van der Waals surface area contributed by atoms with E-state index in [1.807, 2.05) is 19.1 Å². The van der Waals surface area contributed by atoms with E-state index in [0.717, 1.165) is 29.8 Å². The second kappa shape index (κ2) is 10.4. The number of methoxy groups -OCH3 is 2. The lowest BCUT2D eigenvalue weighted by Crippen LogP contribution is -2.20. The fourth-order valence-electron chi connectivity index (χ4n) is 4.76. The van der Waals surface area contributed by atoms with Gasteiger partial charge in [-0.25, -0.2) is 14.4 Å². The normalized spacial score (nSPS) is 16.9. The molecule has 0 radical (unpaired) electrons. The lowest BCUT2D eigenvalue weighted by Gasteiger charge is -2.17. The van der Waals surface area contributed by atoms with E-state index < -0.39 is 6.17 Å². The van der Waals surface area contributed by atoms with E-state index in [-0.39, 0.29) is 6.04 Å². The van der Waals surface area contributed by atoms with Crippen molar-refractivity contribution in [2.75, 3.05) is 32.6 Å². The number of hydrogen-bond donors (Lipinski definition) is 1. The SMILES string of the molecule is COc1cc2nc(C)nc(NC(C)c3ccc(-c4ccccc4CN4CC[C@H](F)C4)s3)c2cc1OC. The molecule has 0 saturated carbocycles. The molecule has 3 heterocycles. The van der Waals surface area contributed by atoms with Crippen LogP contribution < -0.4 is 14.8 Å². The van der Waals surface area contributed by atoms with E-state index in [1.54, 1.807) is 25.6 Å². The van der Waals surface area contributed by atoms with Crippen molar-refractivity contribution in [1.82, 2.24) is 14.9 Å². The minimum atomic E-state index is -0.708. The summed E-state index contributed by atoms with van der Waals surface area (Å²) in [5.74, 6) is 2.72. The van der Waals surface area contributed by atoms with Crippen molar-refractivity contribution < 1.29 is 13.9 Å². The Hall–Kier alpha value is -3.23. The molecule has 4 aromatic rings. The predicted octanol–water partition coefficient (Wildman–Crippen LogP) is 6.40. The van der Waals surface area contributed by atoms with Gasteiger partial charge in [0, 0.05) is 40.8 Å². The van der Waals surface area contributed by atoms with Gasteiger partial charge in [-0.15, -0.1) is 11.3 Å². The molecule has 1 saturated heterocycles. The molecule has 1 N–H and O–H groups in total. The Kier molecular flexibility index (Phi) is 7.07. The van der Waals surface area contributed by atoms with Crippen LogP contribution in [0.5, 0.6) is 11.5 Å². The fraction of sp³-hybridized carbons (Fsp3) is 0.357. The van der Waals surface area contributed by atoms with Gasteiger partial charge in [0.25, 0.3) is 0 Å². The third kappa shape index (κ3) is 5.01. The molecule has 1 unspecified atom stereocenters. The number of likely N-dealkylation sites (tertiary alicyclic amines) is 1. The highest BCUT2D eigenvalue weighted by molar-refractivity contribution is 7.15. The highest BCUT2D eigenvalue weighted by Crippen LogP contribution is 2.38. The van der Waals surface area contributed by atoms with Gasteiger partial charge in [-0.05, 0) is 49.6 Å². The molecule has 2 atom stereocenters. The Morgan fingerprint density at radius 2 is 1.89 bits per heavy atom.